The number of carbonyl (C=O) groups excluding carboxylic acids is 3. The van der Waals surface area contributed by atoms with Gasteiger partial charge in [0.15, 0.2) is 0 Å². The van der Waals surface area contributed by atoms with Crippen LogP contribution in [0, 0.1) is 5.92 Å². The third kappa shape index (κ3) is 2.95. The highest BCUT2D eigenvalue weighted by Crippen LogP contribution is 2.35. The molecule has 5 nitrogen and oxygen atoms in total. The van der Waals surface area contributed by atoms with Crippen molar-refractivity contribution in [3.05, 3.63) is 35.4 Å². The van der Waals surface area contributed by atoms with Gasteiger partial charge in [-0.1, -0.05) is 17.2 Å². The highest BCUT2D eigenvalue weighted by atomic mass is 19.3. The van der Waals surface area contributed by atoms with Gasteiger partial charge in [0.2, 0.25) is 5.92 Å². The van der Waals surface area contributed by atoms with Crippen molar-refractivity contribution in [2.45, 2.75) is 38.0 Å². The molecule has 1 aliphatic heterocycles. The van der Waals surface area contributed by atoms with Crippen LogP contribution in [0.1, 0.15) is 52.8 Å². The normalized spacial score (nSPS) is 23.4. The zero-order valence-corrected chi connectivity index (χ0v) is 12.3. The van der Waals surface area contributed by atoms with E-state index >= 15 is 0 Å². The van der Waals surface area contributed by atoms with E-state index in [0.29, 0.717) is 5.06 Å². The third-order valence-electron chi connectivity index (χ3n) is 4.23. The lowest BCUT2D eigenvalue weighted by Crippen LogP contribution is -2.35. The minimum absolute atomic E-state index is 0.0188. The Hall–Kier alpha value is -2.31. The zero-order valence-electron chi connectivity index (χ0n) is 12.3. The predicted molar refractivity (Wildman–Crippen MR) is 74.6 cm³/mol. The van der Waals surface area contributed by atoms with E-state index in [1.54, 1.807) is 12.1 Å². The van der Waals surface area contributed by atoms with Crippen molar-refractivity contribution in [3.63, 3.8) is 0 Å². The molecule has 0 bridgehead atoms. The van der Waals surface area contributed by atoms with E-state index in [4.69, 9.17) is 4.84 Å². The number of halogens is 2. The molecule has 1 fully saturated rings. The van der Waals surface area contributed by atoms with Crippen molar-refractivity contribution in [1.29, 1.82) is 0 Å². The van der Waals surface area contributed by atoms with E-state index in [1.165, 1.54) is 12.1 Å². The molecule has 23 heavy (non-hydrogen) atoms. The molecule has 0 N–H and O–H groups in total. The molecule has 2 aliphatic rings. The summed E-state index contributed by atoms with van der Waals surface area (Å²) < 4.78 is 26.7. The van der Waals surface area contributed by atoms with Gasteiger partial charge in [0.25, 0.3) is 11.8 Å². The summed E-state index contributed by atoms with van der Waals surface area (Å²) in [4.78, 5) is 41.3. The number of carbonyl (C=O) groups is 3. The van der Waals surface area contributed by atoms with Crippen molar-refractivity contribution in [1.82, 2.24) is 5.06 Å². The summed E-state index contributed by atoms with van der Waals surface area (Å²) in [5, 5.41) is 0.427. The lowest BCUT2D eigenvalue weighted by atomic mass is 10.0. The third-order valence-corrected chi connectivity index (χ3v) is 4.23. The average Bonchev–Trinajstić information content (AvgIpc) is 2.66. The van der Waals surface area contributed by atoms with Crippen LogP contribution in [0.2, 0.25) is 0 Å². The van der Waals surface area contributed by atoms with Crippen molar-refractivity contribution in [2.75, 3.05) is 0 Å². The Bertz CT molecular complexity index is 639. The first-order chi connectivity index (χ1) is 10.9. The van der Waals surface area contributed by atoms with Gasteiger partial charge in [-0.2, -0.15) is 0 Å². The Morgan fingerprint density at radius 3 is 2.30 bits per heavy atom. The fourth-order valence-corrected chi connectivity index (χ4v) is 2.91. The summed E-state index contributed by atoms with van der Waals surface area (Å²) in [6.45, 7) is 0. The molecular weight excluding hydrogens is 308 g/mol. The topological polar surface area (TPSA) is 63.7 Å². The lowest BCUT2D eigenvalue weighted by Gasteiger charge is -2.17. The number of benzene rings is 1. The molecule has 0 spiro atoms. The zero-order chi connectivity index (χ0) is 16.6. The second-order valence-electron chi connectivity index (χ2n) is 5.84. The molecule has 7 heteroatoms. The largest absolute Gasteiger partial charge is 0.336 e. The first-order valence-electron chi connectivity index (χ1n) is 7.46. The number of imide groups is 1. The summed E-state index contributed by atoms with van der Waals surface area (Å²) in [7, 11) is 0. The number of rotatable bonds is 2. The van der Waals surface area contributed by atoms with Crippen LogP contribution >= 0.6 is 0 Å². The molecule has 3 rings (SSSR count). The summed E-state index contributed by atoms with van der Waals surface area (Å²) >= 11 is 0. The quantitative estimate of drug-likeness (QED) is 0.620. The lowest BCUT2D eigenvalue weighted by molar-refractivity contribution is -0.174. The first kappa shape index (κ1) is 15.6. The van der Waals surface area contributed by atoms with Crippen LogP contribution in [0.25, 0.3) is 0 Å². The molecular formula is C16H15F2NO4. The molecule has 122 valence electrons. The number of hydrogen-bond acceptors (Lipinski definition) is 4. The Morgan fingerprint density at radius 1 is 1.09 bits per heavy atom. The Balaban J connectivity index is 1.70. The van der Waals surface area contributed by atoms with Gasteiger partial charge < -0.3 is 4.84 Å². The molecule has 2 amide bonds. The van der Waals surface area contributed by atoms with E-state index in [-0.39, 0.29) is 36.8 Å². The van der Waals surface area contributed by atoms with Crippen LogP contribution in [-0.4, -0.2) is 28.8 Å². The van der Waals surface area contributed by atoms with E-state index in [9.17, 15) is 23.2 Å². The molecule has 1 aliphatic carbocycles. The summed E-state index contributed by atoms with van der Waals surface area (Å²) in [5.74, 6) is -5.73. The van der Waals surface area contributed by atoms with Crippen molar-refractivity contribution < 1.29 is 28.0 Å². The van der Waals surface area contributed by atoms with Gasteiger partial charge in [-0.3, -0.25) is 9.59 Å². The van der Waals surface area contributed by atoms with Gasteiger partial charge in [-0.25, -0.2) is 13.6 Å². The maximum Gasteiger partial charge on any atom is 0.336 e. The summed E-state index contributed by atoms with van der Waals surface area (Å²) in [6.07, 6.45) is -0.208. The molecule has 1 saturated carbocycles. The van der Waals surface area contributed by atoms with E-state index in [1.807, 2.05) is 0 Å². The van der Waals surface area contributed by atoms with Crippen LogP contribution < -0.4 is 0 Å². The van der Waals surface area contributed by atoms with E-state index in [0.717, 1.165) is 0 Å². The van der Waals surface area contributed by atoms with E-state index < -0.39 is 36.0 Å². The predicted octanol–water partition coefficient (Wildman–Crippen LogP) is 2.96. The Labute approximate surface area is 131 Å². The Morgan fingerprint density at radius 2 is 1.70 bits per heavy atom. The molecule has 1 aromatic carbocycles. The number of hydrogen-bond donors (Lipinski definition) is 0. The van der Waals surface area contributed by atoms with Crippen LogP contribution in [-0.2, 0) is 9.63 Å². The standard InChI is InChI=1S/C16H15F2NO4/c17-16(18)8-3-4-10(7-9-16)15(22)23-19-13(20)11-5-1-2-6-12(11)14(19)21/h1-2,5-6,10H,3-4,7-9H2. The van der Waals surface area contributed by atoms with Gasteiger partial charge >= 0.3 is 5.97 Å². The average molecular weight is 323 g/mol. The molecule has 0 aromatic heterocycles. The van der Waals surface area contributed by atoms with E-state index in [2.05, 4.69) is 0 Å². The highest BCUT2D eigenvalue weighted by Gasteiger charge is 2.41. The monoisotopic (exact) mass is 323 g/mol. The summed E-state index contributed by atoms with van der Waals surface area (Å²) in [5.41, 5.74) is 0.329. The minimum atomic E-state index is -2.77. The fraction of sp³-hybridized carbons (Fsp3) is 0.438. The smallest absolute Gasteiger partial charge is 0.329 e. The minimum Gasteiger partial charge on any atom is -0.329 e. The molecule has 0 saturated heterocycles. The molecule has 1 unspecified atom stereocenters. The molecule has 1 aromatic rings. The van der Waals surface area contributed by atoms with Crippen molar-refractivity contribution >= 4 is 17.8 Å². The van der Waals surface area contributed by atoms with Crippen molar-refractivity contribution in [2.24, 2.45) is 5.92 Å². The van der Waals surface area contributed by atoms with Crippen LogP contribution in [0.3, 0.4) is 0 Å². The maximum atomic E-state index is 13.3. The highest BCUT2D eigenvalue weighted by molar-refractivity contribution is 6.20. The molecule has 0 radical (unpaired) electrons. The Kier molecular flexibility index (Phi) is 3.87. The maximum absolute atomic E-state index is 13.3. The number of nitrogens with zero attached hydrogens (tertiary/aromatic N) is 1. The number of amides is 2. The van der Waals surface area contributed by atoms with Gasteiger partial charge in [-0.15, -0.1) is 0 Å². The van der Waals surface area contributed by atoms with Crippen LogP contribution in [0.5, 0.6) is 0 Å². The fourth-order valence-electron chi connectivity index (χ4n) is 2.91. The van der Waals surface area contributed by atoms with Gasteiger partial charge in [0, 0.05) is 12.8 Å². The van der Waals surface area contributed by atoms with Crippen LogP contribution in [0.15, 0.2) is 24.3 Å². The summed E-state index contributed by atoms with van der Waals surface area (Å²) in [6, 6.07) is 6.14. The van der Waals surface area contributed by atoms with Crippen molar-refractivity contribution in [3.8, 4) is 0 Å². The molecule has 1 heterocycles. The number of alkyl halides is 2. The molecule has 1 atom stereocenters. The second kappa shape index (κ2) is 5.72. The SMILES string of the molecule is O=C(ON1C(=O)c2ccccc2C1=O)C1CCCC(F)(F)CC1. The number of hydroxylamine groups is 2. The van der Waals surface area contributed by atoms with Gasteiger partial charge in [0.05, 0.1) is 17.0 Å². The van der Waals surface area contributed by atoms with Gasteiger partial charge in [-0.05, 0) is 31.4 Å². The second-order valence-corrected chi connectivity index (χ2v) is 5.84. The number of fused-ring (bicyclic) bond motifs is 1. The first-order valence-corrected chi connectivity index (χ1v) is 7.46. The van der Waals surface area contributed by atoms with Crippen LogP contribution in [0.4, 0.5) is 8.78 Å². The van der Waals surface area contributed by atoms with Gasteiger partial charge in [0.1, 0.15) is 0 Å².